The number of aromatic nitrogens is 2. The van der Waals surface area contributed by atoms with E-state index in [9.17, 15) is 8.42 Å². The first kappa shape index (κ1) is 17.8. The van der Waals surface area contributed by atoms with Crippen LogP contribution in [0.2, 0.25) is 0 Å². The van der Waals surface area contributed by atoms with Crippen molar-refractivity contribution in [3.05, 3.63) is 54.7 Å². The van der Waals surface area contributed by atoms with Crippen LogP contribution in [-0.2, 0) is 17.1 Å². The Kier molecular flexibility index (Phi) is 4.85. The van der Waals surface area contributed by atoms with Crippen LogP contribution < -0.4 is 14.2 Å². The lowest BCUT2D eigenvalue weighted by Crippen LogP contribution is -2.14. The van der Waals surface area contributed by atoms with E-state index < -0.39 is 10.0 Å². The Labute approximate surface area is 152 Å². The van der Waals surface area contributed by atoms with Gasteiger partial charge in [0, 0.05) is 18.7 Å². The molecule has 2 aromatic carbocycles. The number of ether oxygens (including phenoxy) is 2. The molecule has 1 heterocycles. The van der Waals surface area contributed by atoms with Crippen molar-refractivity contribution in [2.45, 2.75) is 4.90 Å². The minimum absolute atomic E-state index is 0.0173. The number of methoxy groups -OCH3 is 2. The third-order valence-corrected chi connectivity index (χ3v) is 5.30. The SMILES string of the molecule is COc1ccc(S(=O)(=O)Nc2cnn(C)c2-c2ccccc2)c(OC)c1. The minimum atomic E-state index is -3.88. The molecular weight excluding hydrogens is 354 g/mol. The van der Waals surface area contributed by atoms with Crippen LogP contribution in [0.4, 0.5) is 5.69 Å². The molecule has 0 aliphatic rings. The summed E-state index contributed by atoms with van der Waals surface area (Å²) in [6, 6.07) is 14.0. The highest BCUT2D eigenvalue weighted by Crippen LogP contribution is 2.33. The Hall–Kier alpha value is -3.00. The first-order valence-electron chi connectivity index (χ1n) is 7.78. The molecule has 0 amide bonds. The Morgan fingerprint density at radius 2 is 1.77 bits per heavy atom. The van der Waals surface area contributed by atoms with Crippen LogP contribution in [0.1, 0.15) is 0 Å². The third kappa shape index (κ3) is 3.36. The second-order valence-corrected chi connectivity index (χ2v) is 7.17. The van der Waals surface area contributed by atoms with Crippen LogP contribution in [0.5, 0.6) is 11.5 Å². The van der Waals surface area contributed by atoms with Gasteiger partial charge in [-0.25, -0.2) is 8.42 Å². The van der Waals surface area contributed by atoms with E-state index in [0.717, 1.165) is 5.56 Å². The second-order valence-electron chi connectivity index (χ2n) is 5.52. The molecule has 26 heavy (non-hydrogen) atoms. The van der Waals surface area contributed by atoms with E-state index in [-0.39, 0.29) is 10.6 Å². The topological polar surface area (TPSA) is 82.5 Å². The van der Waals surface area contributed by atoms with E-state index in [1.165, 1.54) is 32.5 Å². The summed E-state index contributed by atoms with van der Waals surface area (Å²) < 4.78 is 40.4. The lowest BCUT2D eigenvalue weighted by atomic mass is 10.1. The highest BCUT2D eigenvalue weighted by molar-refractivity contribution is 7.92. The zero-order chi connectivity index (χ0) is 18.7. The predicted octanol–water partition coefficient (Wildman–Crippen LogP) is 2.91. The van der Waals surface area contributed by atoms with Crippen molar-refractivity contribution < 1.29 is 17.9 Å². The first-order valence-corrected chi connectivity index (χ1v) is 9.27. The Morgan fingerprint density at radius 1 is 1.04 bits per heavy atom. The van der Waals surface area contributed by atoms with E-state index in [1.54, 1.807) is 17.8 Å². The second kappa shape index (κ2) is 7.09. The number of nitrogens with zero attached hydrogens (tertiary/aromatic N) is 2. The third-order valence-electron chi connectivity index (χ3n) is 3.89. The van der Waals surface area contributed by atoms with Crippen LogP contribution >= 0.6 is 0 Å². The average Bonchev–Trinajstić information content (AvgIpc) is 3.01. The molecule has 3 aromatic rings. The monoisotopic (exact) mass is 373 g/mol. The highest BCUT2D eigenvalue weighted by atomic mass is 32.2. The lowest BCUT2D eigenvalue weighted by Gasteiger charge is -2.13. The van der Waals surface area contributed by atoms with Gasteiger partial charge in [-0.05, 0) is 12.1 Å². The van der Waals surface area contributed by atoms with Gasteiger partial charge in [-0.3, -0.25) is 9.40 Å². The fraction of sp³-hybridized carbons (Fsp3) is 0.167. The first-order chi connectivity index (χ1) is 12.5. The van der Waals surface area contributed by atoms with Gasteiger partial charge < -0.3 is 9.47 Å². The summed E-state index contributed by atoms with van der Waals surface area (Å²) in [5.74, 6) is 0.703. The van der Waals surface area contributed by atoms with E-state index in [4.69, 9.17) is 9.47 Å². The molecule has 1 N–H and O–H groups in total. The largest absolute Gasteiger partial charge is 0.497 e. The smallest absolute Gasteiger partial charge is 0.265 e. The van der Waals surface area contributed by atoms with Crippen molar-refractivity contribution >= 4 is 15.7 Å². The van der Waals surface area contributed by atoms with Gasteiger partial charge in [-0.2, -0.15) is 5.10 Å². The van der Waals surface area contributed by atoms with Gasteiger partial charge in [0.05, 0.1) is 31.8 Å². The quantitative estimate of drug-likeness (QED) is 0.718. The number of rotatable bonds is 6. The van der Waals surface area contributed by atoms with Gasteiger partial charge in [0.2, 0.25) is 0 Å². The maximum atomic E-state index is 12.9. The summed E-state index contributed by atoms with van der Waals surface area (Å²) in [5.41, 5.74) is 1.91. The van der Waals surface area contributed by atoms with Gasteiger partial charge in [0.15, 0.2) is 0 Å². The van der Waals surface area contributed by atoms with Gasteiger partial charge in [0.25, 0.3) is 10.0 Å². The van der Waals surface area contributed by atoms with E-state index in [1.807, 2.05) is 30.3 Å². The van der Waals surface area contributed by atoms with Crippen molar-refractivity contribution in [2.75, 3.05) is 18.9 Å². The van der Waals surface area contributed by atoms with Gasteiger partial charge in [-0.15, -0.1) is 0 Å². The summed E-state index contributed by atoms with van der Waals surface area (Å²) in [6.07, 6.45) is 1.48. The zero-order valence-corrected chi connectivity index (χ0v) is 15.4. The number of hydrogen-bond donors (Lipinski definition) is 1. The molecule has 0 bridgehead atoms. The van der Waals surface area contributed by atoms with Crippen LogP contribution in [0, 0.1) is 0 Å². The highest BCUT2D eigenvalue weighted by Gasteiger charge is 2.23. The molecule has 0 radical (unpaired) electrons. The molecule has 0 atom stereocenters. The van der Waals surface area contributed by atoms with Crippen molar-refractivity contribution in [2.24, 2.45) is 7.05 Å². The number of sulfonamides is 1. The van der Waals surface area contributed by atoms with E-state index in [0.29, 0.717) is 17.1 Å². The maximum absolute atomic E-state index is 12.9. The number of anilines is 1. The Morgan fingerprint density at radius 3 is 2.42 bits per heavy atom. The molecular formula is C18H19N3O4S. The average molecular weight is 373 g/mol. The van der Waals surface area contributed by atoms with Gasteiger partial charge >= 0.3 is 0 Å². The van der Waals surface area contributed by atoms with Crippen molar-refractivity contribution in [1.82, 2.24) is 9.78 Å². The van der Waals surface area contributed by atoms with Crippen molar-refractivity contribution in [3.8, 4) is 22.8 Å². The fourth-order valence-corrected chi connectivity index (χ4v) is 3.85. The van der Waals surface area contributed by atoms with Gasteiger partial charge in [-0.1, -0.05) is 30.3 Å². The molecule has 3 rings (SSSR count). The van der Waals surface area contributed by atoms with Gasteiger partial charge in [0.1, 0.15) is 16.4 Å². The van der Waals surface area contributed by atoms with Crippen LogP contribution in [0.15, 0.2) is 59.6 Å². The van der Waals surface area contributed by atoms with Crippen molar-refractivity contribution in [3.63, 3.8) is 0 Å². The summed E-state index contributed by atoms with van der Waals surface area (Å²) in [5, 5.41) is 4.18. The Bertz CT molecular complexity index is 1010. The molecule has 7 nitrogen and oxygen atoms in total. The zero-order valence-electron chi connectivity index (χ0n) is 14.6. The normalized spacial score (nSPS) is 11.2. The summed E-state index contributed by atoms with van der Waals surface area (Å²) >= 11 is 0. The van der Waals surface area contributed by atoms with Crippen molar-refractivity contribution in [1.29, 1.82) is 0 Å². The standard InChI is InChI=1S/C18H19N3O4S/c1-21-18(13-7-5-4-6-8-13)15(12-19-21)20-26(22,23)17-10-9-14(24-2)11-16(17)25-3/h4-12,20H,1-3H3. The maximum Gasteiger partial charge on any atom is 0.265 e. The summed E-state index contributed by atoms with van der Waals surface area (Å²) in [6.45, 7) is 0. The molecule has 0 unspecified atom stereocenters. The number of hydrogen-bond acceptors (Lipinski definition) is 5. The molecule has 0 spiro atoms. The van der Waals surface area contributed by atoms with Crippen LogP contribution in [0.3, 0.4) is 0 Å². The molecule has 0 aliphatic heterocycles. The molecule has 1 aromatic heterocycles. The van der Waals surface area contributed by atoms with Crippen LogP contribution in [0.25, 0.3) is 11.3 Å². The molecule has 0 fully saturated rings. The molecule has 0 aliphatic carbocycles. The minimum Gasteiger partial charge on any atom is -0.497 e. The Balaban J connectivity index is 2.02. The van der Waals surface area contributed by atoms with E-state index >= 15 is 0 Å². The summed E-state index contributed by atoms with van der Waals surface area (Å²) in [7, 11) is 0.789. The molecule has 136 valence electrons. The molecule has 0 saturated carbocycles. The summed E-state index contributed by atoms with van der Waals surface area (Å²) in [4.78, 5) is 0.0173. The molecule has 0 saturated heterocycles. The number of benzene rings is 2. The molecule has 8 heteroatoms. The fourth-order valence-electron chi connectivity index (χ4n) is 2.65. The number of nitrogens with one attached hydrogen (secondary N) is 1. The van der Waals surface area contributed by atoms with Crippen LogP contribution in [-0.4, -0.2) is 32.4 Å². The predicted molar refractivity (Wildman–Crippen MR) is 99.0 cm³/mol. The lowest BCUT2D eigenvalue weighted by molar-refractivity contribution is 0.386. The number of aryl methyl sites for hydroxylation is 1. The van der Waals surface area contributed by atoms with E-state index in [2.05, 4.69) is 9.82 Å².